The van der Waals surface area contributed by atoms with Crippen LogP contribution in [0.2, 0.25) is 0 Å². The van der Waals surface area contributed by atoms with Gasteiger partial charge in [-0.3, -0.25) is 0 Å². The molecule has 1 rings (SSSR count). The topological polar surface area (TPSA) is 49.1 Å². The summed E-state index contributed by atoms with van der Waals surface area (Å²) in [5.74, 6) is 0.759. The Hall–Kier alpha value is -1.60. The van der Waals surface area contributed by atoms with Gasteiger partial charge in [0.25, 0.3) is 0 Å². The van der Waals surface area contributed by atoms with E-state index in [9.17, 15) is 0 Å². The van der Waals surface area contributed by atoms with Crippen molar-refractivity contribution in [2.75, 3.05) is 31.2 Å². The molecule has 0 bridgehead atoms. The Morgan fingerprint density at radius 2 is 2.18 bits per heavy atom. The number of likely N-dealkylation sites (N-methyl/N-ethyl adjacent to an activating group) is 1. The van der Waals surface area contributed by atoms with Gasteiger partial charge in [0.1, 0.15) is 11.9 Å². The van der Waals surface area contributed by atoms with Crippen molar-refractivity contribution in [3.05, 3.63) is 23.4 Å². The van der Waals surface area contributed by atoms with Crippen LogP contribution in [0.3, 0.4) is 0 Å². The van der Waals surface area contributed by atoms with E-state index in [1.165, 1.54) is 0 Å². The number of pyridine rings is 1. The Labute approximate surface area is 103 Å². The summed E-state index contributed by atoms with van der Waals surface area (Å²) in [6.45, 7) is 8.91. The molecule has 0 spiro atoms. The first-order valence-corrected chi connectivity index (χ1v) is 5.93. The third-order valence-corrected chi connectivity index (χ3v) is 2.53. The number of rotatable bonds is 6. The van der Waals surface area contributed by atoms with Crippen LogP contribution in [0.15, 0.2) is 12.1 Å². The van der Waals surface area contributed by atoms with Crippen molar-refractivity contribution in [3.8, 4) is 6.07 Å². The lowest BCUT2D eigenvalue weighted by molar-refractivity contribution is 0.154. The zero-order valence-electron chi connectivity index (χ0n) is 10.7. The molecule has 0 fully saturated rings. The van der Waals surface area contributed by atoms with Crippen LogP contribution < -0.4 is 4.90 Å². The van der Waals surface area contributed by atoms with Crippen LogP contribution in [-0.2, 0) is 4.74 Å². The SMILES string of the molecule is CCOCCN(CC)c1nc(C)ccc1C#N. The Kier molecular flexibility index (Phi) is 5.44. The van der Waals surface area contributed by atoms with Crippen molar-refractivity contribution < 1.29 is 4.74 Å². The Bertz CT molecular complexity index is 398. The van der Waals surface area contributed by atoms with Crippen molar-refractivity contribution in [1.29, 1.82) is 5.26 Å². The second-order valence-electron chi connectivity index (χ2n) is 3.71. The van der Waals surface area contributed by atoms with Crippen LogP contribution in [0.25, 0.3) is 0 Å². The number of ether oxygens (including phenoxy) is 1. The van der Waals surface area contributed by atoms with E-state index in [-0.39, 0.29) is 0 Å². The zero-order chi connectivity index (χ0) is 12.7. The Morgan fingerprint density at radius 3 is 2.76 bits per heavy atom. The van der Waals surface area contributed by atoms with Gasteiger partial charge in [0, 0.05) is 25.4 Å². The lowest BCUT2D eigenvalue weighted by Gasteiger charge is -2.23. The van der Waals surface area contributed by atoms with Gasteiger partial charge in [0.15, 0.2) is 0 Å². The van der Waals surface area contributed by atoms with Crippen LogP contribution in [0.1, 0.15) is 25.1 Å². The summed E-state index contributed by atoms with van der Waals surface area (Å²) < 4.78 is 5.34. The minimum atomic E-state index is 0.619. The summed E-state index contributed by atoms with van der Waals surface area (Å²) in [5.41, 5.74) is 1.54. The Balaban J connectivity index is 2.86. The van der Waals surface area contributed by atoms with E-state index in [0.29, 0.717) is 18.8 Å². The van der Waals surface area contributed by atoms with Crippen LogP contribution in [0.4, 0.5) is 5.82 Å². The molecule has 1 aromatic heterocycles. The van der Waals surface area contributed by atoms with Crippen molar-refractivity contribution in [2.45, 2.75) is 20.8 Å². The number of hydrogen-bond acceptors (Lipinski definition) is 4. The van der Waals surface area contributed by atoms with Gasteiger partial charge in [-0.05, 0) is 32.9 Å². The quantitative estimate of drug-likeness (QED) is 0.706. The number of anilines is 1. The lowest BCUT2D eigenvalue weighted by Crippen LogP contribution is -2.29. The number of nitrogens with zero attached hydrogens (tertiary/aromatic N) is 3. The highest BCUT2D eigenvalue weighted by Crippen LogP contribution is 2.17. The van der Waals surface area contributed by atoms with E-state index in [2.05, 4.69) is 22.9 Å². The highest BCUT2D eigenvalue weighted by atomic mass is 16.5. The van der Waals surface area contributed by atoms with Crippen molar-refractivity contribution >= 4 is 5.82 Å². The fourth-order valence-electron chi connectivity index (χ4n) is 1.60. The summed E-state index contributed by atoms with van der Waals surface area (Å²) in [7, 11) is 0. The van der Waals surface area contributed by atoms with Gasteiger partial charge in [0.05, 0.1) is 12.2 Å². The number of hydrogen-bond donors (Lipinski definition) is 0. The number of aromatic nitrogens is 1. The lowest BCUT2D eigenvalue weighted by atomic mass is 10.2. The first-order valence-electron chi connectivity index (χ1n) is 5.93. The minimum Gasteiger partial charge on any atom is -0.380 e. The summed E-state index contributed by atoms with van der Waals surface area (Å²) in [5, 5.41) is 9.08. The molecule has 0 N–H and O–H groups in total. The molecule has 0 saturated carbocycles. The highest BCUT2D eigenvalue weighted by molar-refractivity contribution is 5.54. The summed E-state index contributed by atoms with van der Waals surface area (Å²) in [4.78, 5) is 6.51. The molecular formula is C13H19N3O. The second kappa shape index (κ2) is 6.87. The van der Waals surface area contributed by atoms with Gasteiger partial charge in [0.2, 0.25) is 0 Å². The maximum absolute atomic E-state index is 9.08. The first kappa shape index (κ1) is 13.5. The predicted octanol–water partition coefficient (Wildman–Crippen LogP) is 2.12. The normalized spacial score (nSPS) is 10.0. The molecule has 0 amide bonds. The molecule has 0 unspecified atom stereocenters. The molecule has 0 saturated heterocycles. The van der Waals surface area contributed by atoms with Gasteiger partial charge < -0.3 is 9.64 Å². The monoisotopic (exact) mass is 233 g/mol. The van der Waals surface area contributed by atoms with E-state index in [4.69, 9.17) is 10.00 Å². The molecule has 0 aliphatic carbocycles. The molecule has 0 atom stereocenters. The standard InChI is InChI=1S/C13H19N3O/c1-4-16(8-9-17-5-2)13-12(10-14)7-6-11(3)15-13/h6-7H,4-5,8-9H2,1-3H3. The van der Waals surface area contributed by atoms with E-state index in [1.54, 1.807) is 0 Å². The summed E-state index contributed by atoms with van der Waals surface area (Å²) in [6, 6.07) is 5.86. The molecular weight excluding hydrogens is 214 g/mol. The third kappa shape index (κ3) is 3.72. The minimum absolute atomic E-state index is 0.619. The fraction of sp³-hybridized carbons (Fsp3) is 0.538. The van der Waals surface area contributed by atoms with E-state index < -0.39 is 0 Å². The molecule has 0 radical (unpaired) electrons. The molecule has 4 nitrogen and oxygen atoms in total. The van der Waals surface area contributed by atoms with Gasteiger partial charge in [-0.2, -0.15) is 5.26 Å². The average Bonchev–Trinajstić information content (AvgIpc) is 2.35. The van der Waals surface area contributed by atoms with Crippen molar-refractivity contribution in [3.63, 3.8) is 0 Å². The predicted molar refractivity (Wildman–Crippen MR) is 68.1 cm³/mol. The van der Waals surface area contributed by atoms with Crippen LogP contribution in [0, 0.1) is 18.3 Å². The third-order valence-electron chi connectivity index (χ3n) is 2.53. The maximum atomic E-state index is 9.08. The fourth-order valence-corrected chi connectivity index (χ4v) is 1.60. The van der Waals surface area contributed by atoms with Crippen LogP contribution in [0.5, 0.6) is 0 Å². The van der Waals surface area contributed by atoms with Crippen molar-refractivity contribution in [1.82, 2.24) is 4.98 Å². The second-order valence-corrected chi connectivity index (χ2v) is 3.71. The van der Waals surface area contributed by atoms with Gasteiger partial charge >= 0.3 is 0 Å². The molecule has 4 heteroatoms. The van der Waals surface area contributed by atoms with Crippen LogP contribution in [-0.4, -0.2) is 31.3 Å². The molecule has 1 aromatic rings. The maximum Gasteiger partial charge on any atom is 0.146 e. The average molecular weight is 233 g/mol. The summed E-state index contributed by atoms with van der Waals surface area (Å²) in [6.07, 6.45) is 0. The molecule has 0 aliphatic heterocycles. The zero-order valence-corrected chi connectivity index (χ0v) is 10.7. The van der Waals surface area contributed by atoms with Gasteiger partial charge in [-0.1, -0.05) is 0 Å². The molecule has 92 valence electrons. The smallest absolute Gasteiger partial charge is 0.146 e. The van der Waals surface area contributed by atoms with E-state index in [0.717, 1.165) is 24.6 Å². The largest absolute Gasteiger partial charge is 0.380 e. The number of nitriles is 1. The molecule has 0 aliphatic rings. The van der Waals surface area contributed by atoms with Crippen molar-refractivity contribution in [2.24, 2.45) is 0 Å². The Morgan fingerprint density at radius 1 is 1.41 bits per heavy atom. The van der Waals surface area contributed by atoms with E-state index in [1.807, 2.05) is 26.0 Å². The highest BCUT2D eigenvalue weighted by Gasteiger charge is 2.11. The number of aryl methyl sites for hydroxylation is 1. The summed E-state index contributed by atoms with van der Waals surface area (Å²) >= 11 is 0. The van der Waals surface area contributed by atoms with E-state index >= 15 is 0 Å². The van der Waals surface area contributed by atoms with Gasteiger partial charge in [-0.15, -0.1) is 0 Å². The van der Waals surface area contributed by atoms with Gasteiger partial charge in [-0.25, -0.2) is 4.98 Å². The van der Waals surface area contributed by atoms with Crippen LogP contribution >= 0.6 is 0 Å². The molecule has 1 heterocycles. The molecule has 17 heavy (non-hydrogen) atoms. The molecule has 0 aromatic carbocycles. The first-order chi connectivity index (χ1) is 8.22.